The number of hydrogen-bond donors (Lipinski definition) is 2. The van der Waals surface area contributed by atoms with E-state index in [4.69, 9.17) is 19.4 Å². The molecule has 8 rings (SSSR count). The fourth-order valence-electron chi connectivity index (χ4n) is 10.8. The summed E-state index contributed by atoms with van der Waals surface area (Å²) >= 11 is 1.39. The number of hydrazine groups is 1. The number of hydrogen-bond acceptors (Lipinski definition) is 11. The zero-order valence-electron chi connectivity index (χ0n) is 44.0. The molecule has 1 aromatic carbocycles. The molecule has 23 heteroatoms. The Morgan fingerprint density at radius 1 is 1.04 bits per heavy atom. The Hall–Kier alpha value is -4.39. The number of methoxy groups -OCH3 is 1. The number of halogens is 2. The second-order valence-corrected chi connectivity index (χ2v) is 21.7. The predicted octanol–water partition coefficient (Wildman–Crippen LogP) is 7.48. The highest BCUT2D eigenvalue weighted by molar-refractivity contribution is 7.59. The molecule has 0 aliphatic carbocycles. The zero-order chi connectivity index (χ0) is 50.9. The molecule has 16 nitrogen and oxygen atoms in total. The number of cyclic esters (lactones) is 1. The number of esters is 1. The largest absolute Gasteiger partial charge is 0.464 e. The zero-order valence-corrected chi connectivity index (χ0v) is 48.8. The summed E-state index contributed by atoms with van der Waals surface area (Å²) in [4.78, 5) is 84.2. The van der Waals surface area contributed by atoms with Crippen LogP contribution in [-0.4, -0.2) is 142 Å². The number of urea groups is 1. The van der Waals surface area contributed by atoms with Gasteiger partial charge < -0.3 is 34.1 Å². The fourth-order valence-corrected chi connectivity index (χ4v) is 11.6. The standard InChI is InChI=1S/C52H67F2N9O7S.4H2S/c1-9-62-40-15-14-33-24-35(40)36(46(62)34-12-10-20-55-44(34)32(4)69-8)26-51(5,6)30-70-49(67)37-13-11-21-63(58-37)48(66)38(25-42-56-39(33)27-71-42)57-47(65)45(31(2)3)59(7)50(68)60-22-18-52(19-23-60)28-61(29-52)43(64)17-16-41(53)54;;;;/h10,12,14-17,20,24,27,31-32,37-38,41,45,58H,9,11,13,18-19,21-23,25-26,28-30H2,1-8H3,(H,57,65);4*1H2/b17-16+;;;;/t32-,37-,38-,45-;;;;/m0..../s1. The van der Waals surface area contributed by atoms with Crippen molar-refractivity contribution in [2.75, 3.05) is 53.5 Å². The molecule has 4 aromatic rings. The third-order valence-corrected chi connectivity index (χ3v) is 15.5. The van der Waals surface area contributed by atoms with Crippen LogP contribution in [0.5, 0.6) is 0 Å². The van der Waals surface area contributed by atoms with Gasteiger partial charge in [0.25, 0.3) is 12.3 Å². The summed E-state index contributed by atoms with van der Waals surface area (Å²) in [5.41, 5.74) is 8.95. The Labute approximate surface area is 470 Å². The number of likely N-dealkylation sites (N-methyl/N-ethyl adjacent to an activating group) is 1. The molecule has 7 heterocycles. The molecule has 75 heavy (non-hydrogen) atoms. The van der Waals surface area contributed by atoms with Crippen LogP contribution in [0.3, 0.4) is 0 Å². The predicted molar refractivity (Wildman–Crippen MR) is 308 cm³/mol. The quantitative estimate of drug-likeness (QED) is 0.120. The number of amides is 5. The van der Waals surface area contributed by atoms with Gasteiger partial charge in [0.2, 0.25) is 11.8 Å². The van der Waals surface area contributed by atoms with E-state index in [9.17, 15) is 32.8 Å². The van der Waals surface area contributed by atoms with Gasteiger partial charge >= 0.3 is 12.0 Å². The molecule has 3 saturated heterocycles. The van der Waals surface area contributed by atoms with Crippen molar-refractivity contribution in [2.45, 2.75) is 117 Å². The maximum Gasteiger partial charge on any atom is 0.324 e. The minimum absolute atomic E-state index is 0. The van der Waals surface area contributed by atoms with Gasteiger partial charge in [-0.2, -0.15) is 54.0 Å². The number of nitrogens with one attached hydrogen (secondary N) is 2. The van der Waals surface area contributed by atoms with Gasteiger partial charge in [-0.15, -0.1) is 11.3 Å². The molecule has 0 saturated carbocycles. The number of carbonyl (C=O) groups is 5. The molecule has 2 N–H and O–H groups in total. The van der Waals surface area contributed by atoms with Gasteiger partial charge in [-0.1, -0.05) is 33.8 Å². The lowest BCUT2D eigenvalue weighted by atomic mass is 9.72. The first-order valence-corrected chi connectivity index (χ1v) is 25.6. The van der Waals surface area contributed by atoms with Crippen LogP contribution in [0.1, 0.15) is 89.6 Å². The number of pyridine rings is 1. The average molecular weight is 1140 g/mol. The number of benzene rings is 1. The summed E-state index contributed by atoms with van der Waals surface area (Å²) in [6.07, 6.45) is 3.13. The van der Waals surface area contributed by atoms with Crippen LogP contribution in [0, 0.1) is 16.7 Å². The minimum Gasteiger partial charge on any atom is -0.464 e. The van der Waals surface area contributed by atoms with Crippen molar-refractivity contribution in [3.8, 4) is 22.5 Å². The van der Waals surface area contributed by atoms with Crippen LogP contribution in [-0.2, 0) is 48.0 Å². The lowest BCUT2D eigenvalue weighted by molar-refractivity contribution is -0.155. The molecular weight excluding hydrogens is 1060 g/mol. The maximum atomic E-state index is 14.7. The first kappa shape index (κ1) is 63.1. The van der Waals surface area contributed by atoms with Crippen LogP contribution in [0.25, 0.3) is 33.4 Å². The first-order valence-electron chi connectivity index (χ1n) is 24.7. The number of likely N-dealkylation sites (tertiary alicyclic amines) is 2. The fraction of sp³-hybridized carbons (Fsp3) is 0.558. The Morgan fingerprint density at radius 3 is 2.40 bits per heavy atom. The molecule has 1 spiro atoms. The Kier molecular flexibility index (Phi) is 22.1. The summed E-state index contributed by atoms with van der Waals surface area (Å²) < 4.78 is 39.5. The van der Waals surface area contributed by atoms with E-state index in [1.54, 1.807) is 25.3 Å². The van der Waals surface area contributed by atoms with Gasteiger partial charge in [0, 0.05) is 110 Å². The van der Waals surface area contributed by atoms with E-state index in [-0.39, 0.29) is 90.5 Å². The number of nitrogens with zero attached hydrogens (tertiary/aromatic N) is 7. The number of allylic oxidation sites excluding steroid dienone is 1. The molecule has 4 atom stereocenters. The molecule has 0 radical (unpaired) electrons. The van der Waals surface area contributed by atoms with E-state index in [0.717, 1.165) is 50.8 Å². The van der Waals surface area contributed by atoms with Crippen LogP contribution in [0.4, 0.5) is 13.6 Å². The number of fused-ring (bicyclic) bond motifs is 6. The van der Waals surface area contributed by atoms with E-state index in [2.05, 4.69) is 60.3 Å². The van der Waals surface area contributed by atoms with Gasteiger partial charge in [0.1, 0.15) is 18.1 Å². The number of rotatable bonds is 10. The van der Waals surface area contributed by atoms with Gasteiger partial charge in [-0.05, 0) is 87.8 Å². The van der Waals surface area contributed by atoms with E-state index in [1.165, 1.54) is 26.1 Å². The van der Waals surface area contributed by atoms with Gasteiger partial charge in [-0.25, -0.2) is 24.0 Å². The summed E-state index contributed by atoms with van der Waals surface area (Å²) in [6, 6.07) is 7.14. The second-order valence-electron chi connectivity index (χ2n) is 20.7. The van der Waals surface area contributed by atoms with E-state index in [1.807, 2.05) is 32.2 Å². The van der Waals surface area contributed by atoms with Crippen LogP contribution in [0.2, 0.25) is 0 Å². The van der Waals surface area contributed by atoms with E-state index < -0.39 is 53.7 Å². The third-order valence-electron chi connectivity index (χ3n) is 14.6. The minimum atomic E-state index is -2.70. The summed E-state index contributed by atoms with van der Waals surface area (Å²) in [5.74, 6) is -2.22. The van der Waals surface area contributed by atoms with Crippen molar-refractivity contribution >= 4 is 106 Å². The topological polar surface area (TPSA) is 172 Å². The van der Waals surface area contributed by atoms with Crippen molar-refractivity contribution in [3.05, 3.63) is 70.3 Å². The molecule has 3 aromatic heterocycles. The van der Waals surface area contributed by atoms with Crippen molar-refractivity contribution < 1.29 is 42.2 Å². The number of piperidine rings is 1. The number of aromatic nitrogens is 3. The highest BCUT2D eigenvalue weighted by Gasteiger charge is 2.48. The molecule has 0 unspecified atom stereocenters. The lowest BCUT2D eigenvalue weighted by Gasteiger charge is -2.54. The average Bonchev–Trinajstić information content (AvgIpc) is 3.94. The van der Waals surface area contributed by atoms with Gasteiger partial charge in [-0.3, -0.25) is 29.2 Å². The van der Waals surface area contributed by atoms with Crippen molar-refractivity contribution in [3.63, 3.8) is 0 Å². The normalized spacial score (nSPS) is 20.2. The van der Waals surface area contributed by atoms with Gasteiger partial charge in [0.05, 0.1) is 34.8 Å². The number of aryl methyl sites for hydroxylation is 1. The number of alkyl halides is 2. The second kappa shape index (κ2) is 26.3. The SMILES string of the molecule is CCn1c(-c2cccnc2[C@H](C)OC)c2c3cc(ccc31)-c1csc(n1)C[C@H](NC(=O)[C@H](C(C)C)N(C)C(=O)N1CCC3(CC1)CN(C(=O)/C=C/C(F)F)C3)C(=O)N1CCC[C@H](N1)C(=O)OCC(C)(C)C2.S.S.S.S. The Balaban J connectivity index is 0.00000304. The Bertz CT molecular complexity index is 2690. The van der Waals surface area contributed by atoms with Gasteiger partial charge in [0.15, 0.2) is 0 Å². The molecule has 4 aliphatic rings. The molecule has 5 amide bonds. The lowest BCUT2D eigenvalue weighted by Crippen LogP contribution is -2.64. The van der Waals surface area contributed by atoms with Crippen LogP contribution in [0.15, 0.2) is 54.1 Å². The summed E-state index contributed by atoms with van der Waals surface area (Å²) in [6.45, 7) is 14.7. The molecule has 4 aliphatic heterocycles. The third kappa shape index (κ3) is 13.7. The molecule has 414 valence electrons. The highest BCUT2D eigenvalue weighted by atomic mass is 32.1. The van der Waals surface area contributed by atoms with Crippen molar-refractivity contribution in [2.24, 2.45) is 16.7 Å². The van der Waals surface area contributed by atoms with E-state index in [0.29, 0.717) is 82.5 Å². The summed E-state index contributed by atoms with van der Waals surface area (Å²) in [7, 11) is 3.27. The van der Waals surface area contributed by atoms with Crippen molar-refractivity contribution in [1.82, 2.24) is 45.0 Å². The highest BCUT2D eigenvalue weighted by Crippen LogP contribution is 2.43. The monoisotopic (exact) mass is 1140 g/mol. The van der Waals surface area contributed by atoms with E-state index >= 15 is 0 Å². The van der Waals surface area contributed by atoms with Crippen molar-refractivity contribution in [1.29, 1.82) is 0 Å². The smallest absolute Gasteiger partial charge is 0.324 e. The van der Waals surface area contributed by atoms with Crippen LogP contribution < -0.4 is 10.7 Å². The number of ether oxygens (including phenoxy) is 2. The summed E-state index contributed by atoms with van der Waals surface area (Å²) in [5, 5.41) is 8.04. The number of thiazole rings is 1. The number of carbonyl (C=O) groups excluding carboxylic acids is 5. The molecule has 6 bridgehead atoms. The first-order chi connectivity index (χ1) is 33.8. The maximum absolute atomic E-state index is 14.7. The van der Waals surface area contributed by atoms with Crippen LogP contribution >= 0.6 is 65.3 Å². The molecular formula is C52H75F2N9O7S5. The molecule has 3 fully saturated rings. The Morgan fingerprint density at radius 2 is 1.75 bits per heavy atom.